The molecule has 0 radical (unpaired) electrons. The average molecular weight is 219 g/mol. The highest BCUT2D eigenvalue weighted by molar-refractivity contribution is 5.53. The lowest BCUT2D eigenvalue weighted by Gasteiger charge is -2.17. The maximum absolute atomic E-state index is 5.88. The number of anilines is 2. The number of rotatable bonds is 2. The monoisotopic (exact) mass is 219 g/mol. The first-order valence-corrected chi connectivity index (χ1v) is 6.24. The number of hydrogen-bond acceptors (Lipinski definition) is 3. The Morgan fingerprint density at radius 1 is 1.25 bits per heavy atom. The van der Waals surface area contributed by atoms with Crippen LogP contribution in [0.1, 0.15) is 44.1 Å². The van der Waals surface area contributed by atoms with E-state index in [0.717, 1.165) is 17.1 Å². The Kier molecular flexibility index (Phi) is 3.65. The summed E-state index contributed by atoms with van der Waals surface area (Å²) in [7, 11) is 0. The third kappa shape index (κ3) is 2.87. The van der Waals surface area contributed by atoms with Crippen molar-refractivity contribution in [2.24, 2.45) is 0 Å². The minimum Gasteiger partial charge on any atom is -0.398 e. The van der Waals surface area contributed by atoms with Gasteiger partial charge in [0.15, 0.2) is 0 Å². The molecular weight excluding hydrogens is 198 g/mol. The largest absolute Gasteiger partial charge is 0.398 e. The van der Waals surface area contributed by atoms with E-state index < -0.39 is 0 Å². The second-order valence-electron chi connectivity index (χ2n) is 4.76. The molecular formula is C13H21N3. The van der Waals surface area contributed by atoms with Crippen molar-refractivity contribution in [1.29, 1.82) is 0 Å². The quantitative estimate of drug-likeness (QED) is 0.751. The van der Waals surface area contributed by atoms with Gasteiger partial charge in [0.05, 0.1) is 0 Å². The van der Waals surface area contributed by atoms with Gasteiger partial charge in [0.1, 0.15) is 5.82 Å². The van der Waals surface area contributed by atoms with Crippen molar-refractivity contribution in [2.45, 2.75) is 51.5 Å². The first kappa shape index (κ1) is 11.2. The molecule has 0 aromatic carbocycles. The lowest BCUT2D eigenvalue weighted by atomic mass is 10.1. The highest BCUT2D eigenvalue weighted by Crippen LogP contribution is 2.21. The van der Waals surface area contributed by atoms with Crippen LogP contribution in [0.4, 0.5) is 11.5 Å². The maximum Gasteiger partial charge on any atom is 0.128 e. The molecule has 2 rings (SSSR count). The molecule has 1 saturated carbocycles. The van der Waals surface area contributed by atoms with E-state index in [0.29, 0.717) is 6.04 Å². The molecule has 0 atom stereocenters. The van der Waals surface area contributed by atoms with E-state index in [9.17, 15) is 0 Å². The van der Waals surface area contributed by atoms with Crippen LogP contribution >= 0.6 is 0 Å². The number of nitrogens with two attached hydrogens (primary N) is 1. The zero-order valence-corrected chi connectivity index (χ0v) is 10.00. The standard InChI is InChI=1S/C13H21N3/c1-10-9-15-13(8-12(10)14)16-11-6-4-2-3-5-7-11/h8-9,11H,2-7H2,1H3,(H3,14,15,16). The predicted octanol–water partition coefficient (Wildman–Crippen LogP) is 3.11. The molecule has 0 aliphatic heterocycles. The van der Waals surface area contributed by atoms with Gasteiger partial charge in [0.2, 0.25) is 0 Å². The van der Waals surface area contributed by atoms with Crippen LogP contribution in [-0.2, 0) is 0 Å². The molecule has 1 fully saturated rings. The molecule has 1 heterocycles. The lowest BCUT2D eigenvalue weighted by Crippen LogP contribution is -2.19. The van der Waals surface area contributed by atoms with Crippen LogP contribution in [0.25, 0.3) is 0 Å². The fraction of sp³-hybridized carbons (Fsp3) is 0.615. The molecule has 0 unspecified atom stereocenters. The summed E-state index contributed by atoms with van der Waals surface area (Å²) >= 11 is 0. The molecule has 3 N–H and O–H groups in total. The summed E-state index contributed by atoms with van der Waals surface area (Å²) < 4.78 is 0. The molecule has 0 saturated heterocycles. The molecule has 1 aliphatic rings. The smallest absolute Gasteiger partial charge is 0.128 e. The molecule has 1 aromatic rings. The van der Waals surface area contributed by atoms with Crippen LogP contribution in [-0.4, -0.2) is 11.0 Å². The van der Waals surface area contributed by atoms with Gasteiger partial charge in [-0.15, -0.1) is 0 Å². The van der Waals surface area contributed by atoms with Gasteiger partial charge in [-0.2, -0.15) is 0 Å². The van der Waals surface area contributed by atoms with Crippen molar-refractivity contribution < 1.29 is 0 Å². The zero-order chi connectivity index (χ0) is 11.4. The van der Waals surface area contributed by atoms with Crippen LogP contribution in [0, 0.1) is 6.92 Å². The Labute approximate surface area is 97.5 Å². The van der Waals surface area contributed by atoms with E-state index in [1.54, 1.807) is 0 Å². The van der Waals surface area contributed by atoms with Gasteiger partial charge < -0.3 is 11.1 Å². The molecule has 3 nitrogen and oxygen atoms in total. The topological polar surface area (TPSA) is 50.9 Å². The van der Waals surface area contributed by atoms with Gasteiger partial charge in [-0.05, 0) is 25.3 Å². The second-order valence-corrected chi connectivity index (χ2v) is 4.76. The highest BCUT2D eigenvalue weighted by Gasteiger charge is 2.12. The first-order valence-electron chi connectivity index (χ1n) is 6.24. The summed E-state index contributed by atoms with van der Waals surface area (Å²) in [5.74, 6) is 0.926. The predicted molar refractivity (Wildman–Crippen MR) is 68.5 cm³/mol. The molecule has 16 heavy (non-hydrogen) atoms. The van der Waals surface area contributed by atoms with Gasteiger partial charge in [-0.25, -0.2) is 4.98 Å². The number of nitrogens with one attached hydrogen (secondary N) is 1. The van der Waals surface area contributed by atoms with Crippen LogP contribution < -0.4 is 11.1 Å². The Balaban J connectivity index is 1.99. The van der Waals surface area contributed by atoms with E-state index >= 15 is 0 Å². The Hall–Kier alpha value is -1.25. The molecule has 88 valence electrons. The summed E-state index contributed by atoms with van der Waals surface area (Å²) in [6.45, 7) is 1.98. The van der Waals surface area contributed by atoms with Crippen molar-refractivity contribution >= 4 is 11.5 Å². The molecule has 0 bridgehead atoms. The first-order chi connectivity index (χ1) is 7.75. The number of pyridine rings is 1. The third-order valence-electron chi connectivity index (χ3n) is 3.35. The van der Waals surface area contributed by atoms with Crippen LogP contribution in [0.3, 0.4) is 0 Å². The Bertz CT molecular complexity index is 341. The van der Waals surface area contributed by atoms with Gasteiger partial charge in [0, 0.05) is 24.0 Å². The zero-order valence-electron chi connectivity index (χ0n) is 10.00. The Morgan fingerprint density at radius 3 is 2.56 bits per heavy atom. The minimum atomic E-state index is 0.581. The fourth-order valence-electron chi connectivity index (χ4n) is 2.25. The number of nitrogen functional groups attached to an aromatic ring is 1. The van der Waals surface area contributed by atoms with Crippen LogP contribution in [0.15, 0.2) is 12.3 Å². The molecule has 1 aromatic heterocycles. The van der Waals surface area contributed by atoms with E-state index in [-0.39, 0.29) is 0 Å². The van der Waals surface area contributed by atoms with Gasteiger partial charge in [-0.1, -0.05) is 25.7 Å². The van der Waals surface area contributed by atoms with Gasteiger partial charge in [0.25, 0.3) is 0 Å². The van der Waals surface area contributed by atoms with Crippen molar-refractivity contribution in [3.8, 4) is 0 Å². The second kappa shape index (κ2) is 5.19. The summed E-state index contributed by atoms with van der Waals surface area (Å²) in [6, 6.07) is 2.53. The summed E-state index contributed by atoms with van der Waals surface area (Å²) in [5, 5.41) is 3.50. The van der Waals surface area contributed by atoms with Gasteiger partial charge >= 0.3 is 0 Å². The normalized spacial score (nSPS) is 18.1. The summed E-state index contributed by atoms with van der Waals surface area (Å²) in [4.78, 5) is 4.37. The molecule has 3 heteroatoms. The summed E-state index contributed by atoms with van der Waals surface area (Å²) in [5.41, 5.74) is 7.75. The molecule has 0 spiro atoms. The fourth-order valence-corrected chi connectivity index (χ4v) is 2.25. The maximum atomic E-state index is 5.88. The SMILES string of the molecule is Cc1cnc(NC2CCCCCC2)cc1N. The number of hydrogen-bond donors (Lipinski definition) is 2. The van der Waals surface area contributed by atoms with E-state index in [1.807, 2.05) is 19.2 Å². The van der Waals surface area contributed by atoms with Crippen molar-refractivity contribution in [1.82, 2.24) is 4.98 Å². The Morgan fingerprint density at radius 2 is 1.94 bits per heavy atom. The van der Waals surface area contributed by atoms with Crippen molar-refractivity contribution in [3.05, 3.63) is 17.8 Å². The number of aryl methyl sites for hydroxylation is 1. The highest BCUT2D eigenvalue weighted by atomic mass is 15.0. The van der Waals surface area contributed by atoms with E-state index in [2.05, 4.69) is 10.3 Å². The van der Waals surface area contributed by atoms with Gasteiger partial charge in [-0.3, -0.25) is 0 Å². The average Bonchev–Trinajstić information content (AvgIpc) is 2.52. The third-order valence-corrected chi connectivity index (χ3v) is 3.35. The number of nitrogens with zero attached hydrogens (tertiary/aromatic N) is 1. The van der Waals surface area contributed by atoms with Crippen LogP contribution in [0.2, 0.25) is 0 Å². The van der Waals surface area contributed by atoms with E-state index in [1.165, 1.54) is 38.5 Å². The van der Waals surface area contributed by atoms with Crippen molar-refractivity contribution in [2.75, 3.05) is 11.1 Å². The number of aromatic nitrogens is 1. The van der Waals surface area contributed by atoms with Crippen LogP contribution in [0.5, 0.6) is 0 Å². The summed E-state index contributed by atoms with van der Waals surface area (Å²) in [6.07, 6.45) is 9.78. The minimum absolute atomic E-state index is 0.581. The lowest BCUT2D eigenvalue weighted by molar-refractivity contribution is 0.618. The molecule has 0 amide bonds. The van der Waals surface area contributed by atoms with E-state index in [4.69, 9.17) is 5.73 Å². The molecule has 1 aliphatic carbocycles. The van der Waals surface area contributed by atoms with Crippen molar-refractivity contribution in [3.63, 3.8) is 0 Å².